The van der Waals surface area contributed by atoms with Gasteiger partial charge in [-0.1, -0.05) is 41.5 Å². The number of rotatable bonds is 9. The lowest BCUT2D eigenvalue weighted by Crippen LogP contribution is -2.53. The van der Waals surface area contributed by atoms with Gasteiger partial charge in [0.25, 0.3) is 0 Å². The standard InChI is InChI=1S/C19H37N3O3/c1-10-19(5,6)17(25)22(9)14(13-15(23)18(2,3)4)16(24)20-11-12-21(7)8/h14H,10-13H2,1-9H3,(H,20,24). The van der Waals surface area contributed by atoms with Gasteiger partial charge in [0.1, 0.15) is 11.8 Å². The molecule has 0 heterocycles. The number of likely N-dealkylation sites (N-methyl/N-ethyl adjacent to an activating group) is 2. The van der Waals surface area contributed by atoms with Gasteiger partial charge in [-0.2, -0.15) is 0 Å². The number of carbonyl (C=O) groups excluding carboxylic acids is 3. The van der Waals surface area contributed by atoms with Gasteiger partial charge in [-0.3, -0.25) is 14.4 Å². The third-order valence-corrected chi connectivity index (χ3v) is 4.63. The zero-order chi connectivity index (χ0) is 20.0. The topological polar surface area (TPSA) is 69.7 Å². The van der Waals surface area contributed by atoms with Crippen LogP contribution < -0.4 is 5.32 Å². The van der Waals surface area contributed by atoms with Crippen LogP contribution in [0, 0.1) is 10.8 Å². The molecule has 6 nitrogen and oxygen atoms in total. The summed E-state index contributed by atoms with van der Waals surface area (Å²) in [4.78, 5) is 41.3. The second-order valence-corrected chi connectivity index (χ2v) is 8.64. The quantitative estimate of drug-likeness (QED) is 0.686. The molecule has 0 bridgehead atoms. The highest BCUT2D eigenvalue weighted by molar-refractivity contribution is 5.95. The van der Waals surface area contributed by atoms with E-state index in [1.807, 2.05) is 60.5 Å². The number of hydrogen-bond donors (Lipinski definition) is 1. The zero-order valence-corrected chi connectivity index (χ0v) is 17.5. The maximum atomic E-state index is 12.8. The van der Waals surface area contributed by atoms with Crippen LogP contribution in [-0.2, 0) is 14.4 Å². The van der Waals surface area contributed by atoms with E-state index in [2.05, 4.69) is 5.32 Å². The van der Waals surface area contributed by atoms with Crippen LogP contribution in [0.3, 0.4) is 0 Å². The van der Waals surface area contributed by atoms with E-state index in [4.69, 9.17) is 0 Å². The molecule has 0 aromatic carbocycles. The average molecular weight is 356 g/mol. The minimum Gasteiger partial charge on any atom is -0.353 e. The highest BCUT2D eigenvalue weighted by Crippen LogP contribution is 2.25. The van der Waals surface area contributed by atoms with Gasteiger partial charge < -0.3 is 15.1 Å². The molecular weight excluding hydrogens is 318 g/mol. The van der Waals surface area contributed by atoms with Crippen molar-refractivity contribution in [3.8, 4) is 0 Å². The molecule has 0 saturated carbocycles. The lowest BCUT2D eigenvalue weighted by Gasteiger charge is -2.34. The highest BCUT2D eigenvalue weighted by Gasteiger charge is 2.37. The van der Waals surface area contributed by atoms with Crippen LogP contribution in [0.15, 0.2) is 0 Å². The predicted octanol–water partition coefficient (Wildman–Crippen LogP) is 1.93. The van der Waals surface area contributed by atoms with E-state index in [0.717, 1.165) is 0 Å². The largest absolute Gasteiger partial charge is 0.353 e. The normalized spacial score (nSPS) is 13.5. The van der Waals surface area contributed by atoms with Gasteiger partial charge in [-0.15, -0.1) is 0 Å². The van der Waals surface area contributed by atoms with E-state index in [-0.39, 0.29) is 24.0 Å². The molecular formula is C19H37N3O3. The van der Waals surface area contributed by atoms with Crippen LogP contribution in [0.5, 0.6) is 0 Å². The molecule has 146 valence electrons. The lowest BCUT2D eigenvalue weighted by molar-refractivity contribution is -0.147. The number of Topliss-reactive ketones (excluding diaryl/α,β-unsaturated/α-hetero) is 1. The maximum Gasteiger partial charge on any atom is 0.243 e. The molecule has 6 heteroatoms. The van der Waals surface area contributed by atoms with Crippen LogP contribution in [0.25, 0.3) is 0 Å². The number of carbonyl (C=O) groups is 3. The number of amides is 2. The molecule has 0 aromatic rings. The van der Waals surface area contributed by atoms with Crippen molar-refractivity contribution in [2.24, 2.45) is 10.8 Å². The molecule has 0 radical (unpaired) electrons. The fourth-order valence-corrected chi connectivity index (χ4v) is 2.18. The first kappa shape index (κ1) is 23.6. The average Bonchev–Trinajstić information content (AvgIpc) is 2.49. The van der Waals surface area contributed by atoms with E-state index >= 15 is 0 Å². The van der Waals surface area contributed by atoms with Gasteiger partial charge in [0, 0.05) is 37.4 Å². The molecule has 0 spiro atoms. The third kappa shape index (κ3) is 7.55. The monoisotopic (exact) mass is 355 g/mol. The molecule has 0 aliphatic carbocycles. The van der Waals surface area contributed by atoms with Crippen molar-refractivity contribution in [2.45, 2.75) is 60.4 Å². The summed E-state index contributed by atoms with van der Waals surface area (Å²) >= 11 is 0. The van der Waals surface area contributed by atoms with Crippen molar-refractivity contribution < 1.29 is 14.4 Å². The summed E-state index contributed by atoms with van der Waals surface area (Å²) in [7, 11) is 5.46. The van der Waals surface area contributed by atoms with Crippen molar-refractivity contribution in [3.05, 3.63) is 0 Å². The van der Waals surface area contributed by atoms with Gasteiger partial charge in [0.2, 0.25) is 11.8 Å². The predicted molar refractivity (Wildman–Crippen MR) is 101 cm³/mol. The second kappa shape index (κ2) is 9.32. The van der Waals surface area contributed by atoms with Gasteiger partial charge in [0.15, 0.2) is 0 Å². The fraction of sp³-hybridized carbons (Fsp3) is 0.842. The van der Waals surface area contributed by atoms with Gasteiger partial charge in [-0.25, -0.2) is 0 Å². The molecule has 1 unspecified atom stereocenters. The van der Waals surface area contributed by atoms with Gasteiger partial charge in [-0.05, 0) is 20.5 Å². The Kier molecular flexibility index (Phi) is 8.79. The Bertz CT molecular complexity index is 479. The molecule has 1 atom stereocenters. The van der Waals surface area contributed by atoms with Crippen LogP contribution in [0.4, 0.5) is 0 Å². The Labute approximate surface area is 153 Å². The van der Waals surface area contributed by atoms with Gasteiger partial charge >= 0.3 is 0 Å². The third-order valence-electron chi connectivity index (χ3n) is 4.63. The summed E-state index contributed by atoms with van der Waals surface area (Å²) in [5, 5.41) is 2.85. The van der Waals surface area contributed by atoms with Crippen molar-refractivity contribution in [1.82, 2.24) is 15.1 Å². The fourth-order valence-electron chi connectivity index (χ4n) is 2.18. The molecule has 0 saturated heterocycles. The summed E-state index contributed by atoms with van der Waals surface area (Å²) in [6.07, 6.45) is 0.692. The van der Waals surface area contributed by atoms with E-state index in [1.54, 1.807) is 7.05 Å². The molecule has 0 aliphatic rings. The molecule has 0 rings (SSSR count). The Hall–Kier alpha value is -1.43. The van der Waals surface area contributed by atoms with E-state index in [1.165, 1.54) is 4.90 Å². The maximum absolute atomic E-state index is 12.8. The Morgan fingerprint density at radius 3 is 1.92 bits per heavy atom. The SMILES string of the molecule is CCC(C)(C)C(=O)N(C)C(CC(=O)C(C)(C)C)C(=O)NCCN(C)C. The first-order valence-corrected chi connectivity index (χ1v) is 8.97. The summed E-state index contributed by atoms with van der Waals surface area (Å²) in [5.74, 6) is -0.430. The summed E-state index contributed by atoms with van der Waals surface area (Å²) in [5.41, 5.74) is -1.12. The van der Waals surface area contributed by atoms with E-state index in [9.17, 15) is 14.4 Å². The van der Waals surface area contributed by atoms with Crippen molar-refractivity contribution in [2.75, 3.05) is 34.2 Å². The number of nitrogens with one attached hydrogen (secondary N) is 1. The summed E-state index contributed by atoms with van der Waals surface area (Å²) < 4.78 is 0. The van der Waals surface area contributed by atoms with Crippen LogP contribution in [0.2, 0.25) is 0 Å². The van der Waals surface area contributed by atoms with Crippen molar-refractivity contribution in [3.63, 3.8) is 0 Å². The van der Waals surface area contributed by atoms with Crippen LogP contribution >= 0.6 is 0 Å². The molecule has 0 aliphatic heterocycles. The highest BCUT2D eigenvalue weighted by atomic mass is 16.2. The second-order valence-electron chi connectivity index (χ2n) is 8.64. The zero-order valence-electron chi connectivity index (χ0n) is 17.5. The minimum atomic E-state index is -0.785. The Balaban J connectivity index is 5.34. The van der Waals surface area contributed by atoms with E-state index in [0.29, 0.717) is 19.5 Å². The number of nitrogens with zero attached hydrogens (tertiary/aromatic N) is 2. The lowest BCUT2D eigenvalue weighted by atomic mass is 9.85. The first-order chi connectivity index (χ1) is 11.2. The Morgan fingerprint density at radius 1 is 1.00 bits per heavy atom. The van der Waals surface area contributed by atoms with Crippen molar-refractivity contribution in [1.29, 1.82) is 0 Å². The Morgan fingerprint density at radius 2 is 1.52 bits per heavy atom. The first-order valence-electron chi connectivity index (χ1n) is 8.97. The smallest absolute Gasteiger partial charge is 0.243 e. The summed E-state index contributed by atoms with van der Waals surface area (Å²) in [6, 6.07) is -0.785. The van der Waals surface area contributed by atoms with Crippen molar-refractivity contribution >= 4 is 17.6 Å². The number of hydrogen-bond acceptors (Lipinski definition) is 4. The molecule has 0 aromatic heterocycles. The molecule has 0 fully saturated rings. The summed E-state index contributed by atoms with van der Waals surface area (Å²) in [6.45, 7) is 12.3. The van der Waals surface area contributed by atoms with Crippen LogP contribution in [0.1, 0.15) is 54.4 Å². The van der Waals surface area contributed by atoms with E-state index < -0.39 is 16.9 Å². The molecule has 2 amide bonds. The minimum absolute atomic E-state index is 0.0271. The number of ketones is 1. The molecule has 1 N–H and O–H groups in total. The van der Waals surface area contributed by atoms with Gasteiger partial charge in [0.05, 0.1) is 0 Å². The molecule has 25 heavy (non-hydrogen) atoms. The van der Waals surface area contributed by atoms with Crippen LogP contribution in [-0.4, -0.2) is 67.7 Å².